The number of hydrogen-bond acceptors (Lipinski definition) is 7. The predicted octanol–water partition coefficient (Wildman–Crippen LogP) is 1.62. The molecule has 0 bridgehead atoms. The number of nitrogens with zero attached hydrogens (tertiary/aromatic N) is 3. The van der Waals surface area contributed by atoms with Crippen molar-refractivity contribution in [1.29, 1.82) is 0 Å². The molecule has 3 aromatic rings. The molecule has 0 aliphatic heterocycles. The van der Waals surface area contributed by atoms with Crippen LogP contribution in [0, 0.1) is 0 Å². The maximum Gasteiger partial charge on any atom is 0.303 e. The molecule has 0 aliphatic rings. The summed E-state index contributed by atoms with van der Waals surface area (Å²) in [4.78, 5) is 27.8. The summed E-state index contributed by atoms with van der Waals surface area (Å²) < 4.78 is 28.7. The molecule has 31 heavy (non-hydrogen) atoms. The highest BCUT2D eigenvalue weighted by Gasteiger charge is 2.14. The number of hydrazone groups is 1. The Morgan fingerprint density at radius 2 is 2.00 bits per heavy atom. The van der Waals surface area contributed by atoms with Crippen LogP contribution in [0.4, 0.5) is 0 Å². The monoisotopic (exact) mass is 463 g/mol. The third-order valence-corrected chi connectivity index (χ3v) is 6.52. The summed E-state index contributed by atoms with van der Waals surface area (Å²) in [6.45, 7) is 1.73. The van der Waals surface area contributed by atoms with Crippen LogP contribution in [0.25, 0.3) is 4.96 Å². The first-order valence-electron chi connectivity index (χ1n) is 9.31. The number of aromatic nitrogens is 2. The summed E-state index contributed by atoms with van der Waals surface area (Å²) in [6.07, 6.45) is 3.84. The lowest BCUT2D eigenvalue weighted by Gasteiger charge is -2.07. The van der Waals surface area contributed by atoms with E-state index in [1.807, 2.05) is 16.0 Å². The van der Waals surface area contributed by atoms with Gasteiger partial charge in [0.1, 0.15) is 0 Å². The Morgan fingerprint density at radius 1 is 1.26 bits per heavy atom. The molecule has 0 fully saturated rings. The zero-order chi connectivity index (χ0) is 22.4. The smallest absolute Gasteiger partial charge is 0.303 e. The van der Waals surface area contributed by atoms with Gasteiger partial charge in [-0.15, -0.1) is 11.3 Å². The van der Waals surface area contributed by atoms with E-state index in [0.717, 1.165) is 4.96 Å². The summed E-state index contributed by atoms with van der Waals surface area (Å²) in [7, 11) is -3.73. The van der Waals surface area contributed by atoms with Crippen molar-refractivity contribution in [3.63, 3.8) is 0 Å². The van der Waals surface area contributed by atoms with Crippen LogP contribution >= 0.6 is 11.3 Å². The van der Waals surface area contributed by atoms with E-state index in [1.165, 1.54) is 23.5 Å². The first kappa shape index (κ1) is 22.6. The Kier molecular flexibility index (Phi) is 7.15. The number of imidazole rings is 1. The normalized spacial score (nSPS) is 12.2. The summed E-state index contributed by atoms with van der Waals surface area (Å²) in [6, 6.07) is 6.02. The molecule has 0 radical (unpaired) electrons. The predicted molar refractivity (Wildman–Crippen MR) is 116 cm³/mol. The van der Waals surface area contributed by atoms with Gasteiger partial charge in [0.05, 0.1) is 22.7 Å². The van der Waals surface area contributed by atoms with Gasteiger partial charge in [0.25, 0.3) is 0 Å². The second-order valence-corrected chi connectivity index (χ2v) is 9.29. The van der Waals surface area contributed by atoms with Crippen LogP contribution < -0.4 is 10.1 Å². The summed E-state index contributed by atoms with van der Waals surface area (Å²) in [5.41, 5.74) is 4.28. The fourth-order valence-corrected chi connectivity index (χ4v) is 4.47. The van der Waals surface area contributed by atoms with Gasteiger partial charge in [-0.05, 0) is 31.0 Å². The van der Waals surface area contributed by atoms with Crippen LogP contribution in [0.15, 0.2) is 52.0 Å². The molecular weight excluding hydrogens is 442 g/mol. The molecule has 0 saturated heterocycles. The van der Waals surface area contributed by atoms with E-state index >= 15 is 0 Å². The van der Waals surface area contributed by atoms with E-state index in [-0.39, 0.29) is 36.6 Å². The van der Waals surface area contributed by atoms with Gasteiger partial charge in [0.2, 0.25) is 15.9 Å². The minimum atomic E-state index is -3.73. The molecule has 12 heteroatoms. The number of aliphatic carboxylic acids is 1. The van der Waals surface area contributed by atoms with Crippen molar-refractivity contribution in [1.82, 2.24) is 19.5 Å². The van der Waals surface area contributed by atoms with Crippen molar-refractivity contribution in [2.75, 3.05) is 6.54 Å². The van der Waals surface area contributed by atoms with E-state index in [4.69, 9.17) is 5.11 Å². The number of amides is 1. The first-order valence-corrected chi connectivity index (χ1v) is 11.7. The molecule has 0 unspecified atom stereocenters. The average molecular weight is 464 g/mol. The Labute approximate surface area is 182 Å². The minimum absolute atomic E-state index is 0.0393. The van der Waals surface area contributed by atoms with Crippen LogP contribution in [0.5, 0.6) is 0 Å². The van der Waals surface area contributed by atoms with E-state index < -0.39 is 16.0 Å². The number of carboxylic acids is 1. The van der Waals surface area contributed by atoms with Crippen molar-refractivity contribution in [2.24, 2.45) is 5.10 Å². The van der Waals surface area contributed by atoms with Crippen molar-refractivity contribution in [3.8, 4) is 0 Å². The summed E-state index contributed by atoms with van der Waals surface area (Å²) in [5.74, 6) is -1.29. The first-order chi connectivity index (χ1) is 14.7. The molecule has 10 nitrogen and oxygen atoms in total. The molecule has 0 atom stereocenters. The third kappa shape index (κ3) is 6.20. The lowest BCUT2D eigenvalue weighted by molar-refractivity contribution is -0.137. The maximum absolute atomic E-state index is 12.2. The standard InChI is InChI=1S/C19H21N5O5S2/c1-13(22-23-17(25)11-15-12-24-9-10-30-19(24)21-15)14-4-6-16(7-5-14)31(28,29)20-8-2-3-18(26)27/h4-7,9-10,12,20H,2-3,8,11H2,1H3,(H,23,25)(H,26,27)/b22-13-. The molecule has 3 rings (SSSR count). The zero-order valence-electron chi connectivity index (χ0n) is 16.6. The minimum Gasteiger partial charge on any atom is -0.481 e. The molecule has 0 aliphatic carbocycles. The van der Waals surface area contributed by atoms with Gasteiger partial charge >= 0.3 is 5.97 Å². The fourth-order valence-electron chi connectivity index (χ4n) is 2.68. The van der Waals surface area contributed by atoms with Crippen molar-refractivity contribution in [2.45, 2.75) is 31.1 Å². The zero-order valence-corrected chi connectivity index (χ0v) is 18.2. The number of sulfonamides is 1. The second-order valence-electron chi connectivity index (χ2n) is 6.65. The topological polar surface area (TPSA) is 142 Å². The molecule has 0 saturated carbocycles. The van der Waals surface area contributed by atoms with E-state index in [9.17, 15) is 18.0 Å². The molecule has 0 spiro atoms. The Hall–Kier alpha value is -3.09. The lowest BCUT2D eigenvalue weighted by Crippen LogP contribution is -2.25. The van der Waals surface area contributed by atoms with Gasteiger partial charge in [-0.2, -0.15) is 5.10 Å². The summed E-state index contributed by atoms with van der Waals surface area (Å²) in [5, 5.41) is 14.6. The Balaban J connectivity index is 1.55. The Bertz CT molecular complexity index is 1180. The lowest BCUT2D eigenvalue weighted by atomic mass is 10.1. The molecule has 3 N–H and O–H groups in total. The quantitative estimate of drug-likeness (QED) is 0.237. The number of rotatable bonds is 10. The summed E-state index contributed by atoms with van der Waals surface area (Å²) >= 11 is 1.48. The van der Waals surface area contributed by atoms with Crippen molar-refractivity contribution >= 4 is 43.9 Å². The maximum atomic E-state index is 12.2. The van der Waals surface area contributed by atoms with E-state index in [2.05, 4.69) is 20.2 Å². The van der Waals surface area contributed by atoms with Crippen LogP contribution in [0.2, 0.25) is 0 Å². The highest BCUT2D eigenvalue weighted by atomic mass is 32.2. The number of fused-ring (bicyclic) bond motifs is 1. The number of thiazole rings is 1. The largest absolute Gasteiger partial charge is 0.481 e. The molecule has 1 amide bonds. The van der Waals surface area contributed by atoms with E-state index in [1.54, 1.807) is 25.3 Å². The molecule has 1 aromatic carbocycles. The van der Waals surface area contributed by atoms with Gasteiger partial charge < -0.3 is 5.11 Å². The highest BCUT2D eigenvalue weighted by molar-refractivity contribution is 7.89. The molecule has 164 valence electrons. The van der Waals surface area contributed by atoms with Gasteiger partial charge in [-0.3, -0.25) is 14.0 Å². The van der Waals surface area contributed by atoms with Gasteiger partial charge in [0, 0.05) is 30.7 Å². The van der Waals surface area contributed by atoms with E-state index in [0.29, 0.717) is 17.0 Å². The third-order valence-electron chi connectivity index (χ3n) is 4.28. The SMILES string of the molecule is C/C(=N/NC(=O)Cc1cn2ccsc2n1)c1ccc(S(=O)(=O)NCCCC(=O)O)cc1. The number of carbonyl (C=O) groups excluding carboxylic acids is 1. The number of benzene rings is 1. The van der Waals surface area contributed by atoms with Crippen LogP contribution in [0.3, 0.4) is 0 Å². The van der Waals surface area contributed by atoms with Gasteiger partial charge in [0.15, 0.2) is 4.96 Å². The number of nitrogens with one attached hydrogen (secondary N) is 2. The highest BCUT2D eigenvalue weighted by Crippen LogP contribution is 2.13. The fraction of sp³-hybridized carbons (Fsp3) is 0.263. The molecular formula is C19H21N5O5S2. The van der Waals surface area contributed by atoms with Crippen molar-refractivity contribution in [3.05, 3.63) is 53.3 Å². The second kappa shape index (κ2) is 9.81. The number of carbonyl (C=O) groups is 2. The van der Waals surface area contributed by atoms with Crippen LogP contribution in [0.1, 0.15) is 31.0 Å². The Morgan fingerprint density at radius 3 is 2.68 bits per heavy atom. The molecule has 2 aromatic heterocycles. The number of hydrogen-bond donors (Lipinski definition) is 3. The van der Waals surface area contributed by atoms with Crippen molar-refractivity contribution < 1.29 is 23.1 Å². The molecule has 2 heterocycles. The number of carboxylic acid groups (broad SMARTS) is 1. The van der Waals surface area contributed by atoms with Gasteiger partial charge in [-0.25, -0.2) is 23.5 Å². The van der Waals surface area contributed by atoms with Crippen LogP contribution in [-0.4, -0.2) is 47.0 Å². The average Bonchev–Trinajstić information content (AvgIpc) is 3.31. The van der Waals surface area contributed by atoms with Gasteiger partial charge in [-0.1, -0.05) is 12.1 Å². The van der Waals surface area contributed by atoms with Crippen LogP contribution in [-0.2, 0) is 26.0 Å².